The molecule has 0 saturated carbocycles. The zero-order valence-electron chi connectivity index (χ0n) is 12.6. The molecule has 6 heteroatoms. The van der Waals surface area contributed by atoms with Crippen LogP contribution in [0.5, 0.6) is 11.5 Å². The molecule has 0 atom stereocenters. The van der Waals surface area contributed by atoms with Crippen LogP contribution in [0.3, 0.4) is 0 Å². The van der Waals surface area contributed by atoms with Crippen molar-refractivity contribution in [1.82, 2.24) is 20.1 Å². The molecule has 2 rings (SSSR count). The zero-order valence-corrected chi connectivity index (χ0v) is 12.6. The number of ether oxygens (including phenoxy) is 2. The number of hydrogen-bond acceptors (Lipinski definition) is 5. The maximum absolute atomic E-state index is 5.72. The molecule has 0 fully saturated rings. The van der Waals surface area contributed by atoms with E-state index in [1.807, 2.05) is 38.2 Å². The fraction of sp³-hybridized carbons (Fsp3) is 0.467. The quantitative estimate of drug-likeness (QED) is 0.708. The smallest absolute Gasteiger partial charge is 0.161 e. The molecule has 0 aliphatic heterocycles. The number of benzene rings is 1. The molecule has 0 spiro atoms. The summed E-state index contributed by atoms with van der Waals surface area (Å²) in [7, 11) is 1.87. The van der Waals surface area contributed by atoms with Crippen LogP contribution in [0.15, 0.2) is 30.6 Å². The van der Waals surface area contributed by atoms with Crippen molar-refractivity contribution >= 4 is 0 Å². The van der Waals surface area contributed by atoms with E-state index >= 15 is 0 Å². The maximum atomic E-state index is 5.72. The standard InChI is InChI=1S/C15H22N4O2/c1-3-20-13-6-4-5-7-14(13)21-11-10-16-9-8-15-17-12-19(2)18-15/h4-7,12,16H,3,8-11H2,1-2H3. The Kier molecular flexibility index (Phi) is 6.02. The van der Waals surface area contributed by atoms with E-state index < -0.39 is 0 Å². The minimum atomic E-state index is 0.597. The lowest BCUT2D eigenvalue weighted by molar-refractivity contribution is 0.276. The van der Waals surface area contributed by atoms with Gasteiger partial charge in [-0.15, -0.1) is 0 Å². The van der Waals surface area contributed by atoms with E-state index in [4.69, 9.17) is 9.47 Å². The van der Waals surface area contributed by atoms with Gasteiger partial charge in [-0.25, -0.2) is 4.98 Å². The molecule has 1 heterocycles. The predicted molar refractivity (Wildman–Crippen MR) is 80.7 cm³/mol. The molecule has 0 aliphatic rings. The summed E-state index contributed by atoms with van der Waals surface area (Å²) in [6, 6.07) is 7.72. The van der Waals surface area contributed by atoms with Gasteiger partial charge in [-0.3, -0.25) is 4.68 Å². The van der Waals surface area contributed by atoms with Crippen LogP contribution in [0, 0.1) is 0 Å². The summed E-state index contributed by atoms with van der Waals surface area (Å²) in [5.74, 6) is 2.43. The molecule has 0 saturated heterocycles. The number of rotatable bonds is 9. The van der Waals surface area contributed by atoms with Crippen molar-refractivity contribution in [1.29, 1.82) is 0 Å². The molecule has 21 heavy (non-hydrogen) atoms. The fourth-order valence-corrected chi connectivity index (χ4v) is 1.90. The first-order valence-corrected chi connectivity index (χ1v) is 7.19. The van der Waals surface area contributed by atoms with Gasteiger partial charge in [-0.2, -0.15) is 5.10 Å². The Bertz CT molecular complexity index is 542. The topological polar surface area (TPSA) is 61.2 Å². The molecule has 0 amide bonds. The van der Waals surface area contributed by atoms with Crippen LogP contribution >= 0.6 is 0 Å². The Morgan fingerprint density at radius 2 is 1.90 bits per heavy atom. The predicted octanol–water partition coefficient (Wildman–Crippen LogP) is 1.42. The van der Waals surface area contributed by atoms with Crippen LogP contribution in [0.4, 0.5) is 0 Å². The number of aromatic nitrogens is 3. The van der Waals surface area contributed by atoms with Gasteiger partial charge in [0.1, 0.15) is 12.9 Å². The van der Waals surface area contributed by atoms with Gasteiger partial charge in [0.05, 0.1) is 6.61 Å². The van der Waals surface area contributed by atoms with Crippen LogP contribution in [0.25, 0.3) is 0 Å². The summed E-state index contributed by atoms with van der Waals surface area (Å²) in [4.78, 5) is 4.18. The van der Waals surface area contributed by atoms with Crippen molar-refractivity contribution in [2.45, 2.75) is 13.3 Å². The lowest BCUT2D eigenvalue weighted by Gasteiger charge is -2.11. The normalized spacial score (nSPS) is 10.6. The highest BCUT2D eigenvalue weighted by atomic mass is 16.5. The highest BCUT2D eigenvalue weighted by Crippen LogP contribution is 2.25. The van der Waals surface area contributed by atoms with Crippen molar-refractivity contribution in [3.8, 4) is 11.5 Å². The third-order valence-electron chi connectivity index (χ3n) is 2.86. The second kappa shape index (κ2) is 8.26. The van der Waals surface area contributed by atoms with Crippen molar-refractivity contribution in [3.63, 3.8) is 0 Å². The highest BCUT2D eigenvalue weighted by Gasteiger charge is 2.03. The minimum Gasteiger partial charge on any atom is -0.490 e. The van der Waals surface area contributed by atoms with Gasteiger partial charge < -0.3 is 14.8 Å². The van der Waals surface area contributed by atoms with Gasteiger partial charge in [0.15, 0.2) is 17.3 Å². The van der Waals surface area contributed by atoms with Gasteiger partial charge in [-0.1, -0.05) is 12.1 Å². The third kappa shape index (κ3) is 5.07. The van der Waals surface area contributed by atoms with Crippen molar-refractivity contribution in [2.24, 2.45) is 7.05 Å². The monoisotopic (exact) mass is 290 g/mol. The number of nitrogens with zero attached hydrogens (tertiary/aromatic N) is 3. The lowest BCUT2D eigenvalue weighted by Crippen LogP contribution is -2.23. The van der Waals surface area contributed by atoms with Gasteiger partial charge in [0, 0.05) is 26.6 Å². The summed E-state index contributed by atoms with van der Waals surface area (Å²) in [5, 5.41) is 7.54. The average Bonchev–Trinajstić information content (AvgIpc) is 2.90. The molecule has 0 unspecified atom stereocenters. The van der Waals surface area contributed by atoms with Crippen LogP contribution in [-0.4, -0.2) is 41.1 Å². The molecule has 1 aromatic heterocycles. The Hall–Kier alpha value is -2.08. The largest absolute Gasteiger partial charge is 0.490 e. The van der Waals surface area contributed by atoms with Gasteiger partial charge in [0.25, 0.3) is 0 Å². The number of aryl methyl sites for hydroxylation is 1. The minimum absolute atomic E-state index is 0.597. The number of hydrogen-bond donors (Lipinski definition) is 1. The molecule has 0 aliphatic carbocycles. The van der Waals surface area contributed by atoms with Gasteiger partial charge >= 0.3 is 0 Å². The molecule has 6 nitrogen and oxygen atoms in total. The molecule has 2 aromatic rings. The lowest BCUT2D eigenvalue weighted by atomic mass is 10.3. The van der Waals surface area contributed by atoms with E-state index in [0.29, 0.717) is 13.2 Å². The summed E-state index contributed by atoms with van der Waals surface area (Å²) >= 11 is 0. The Morgan fingerprint density at radius 1 is 1.14 bits per heavy atom. The van der Waals surface area contributed by atoms with Crippen molar-refractivity contribution in [2.75, 3.05) is 26.3 Å². The molecule has 1 N–H and O–H groups in total. The van der Waals surface area contributed by atoms with E-state index in [1.165, 1.54) is 0 Å². The summed E-state index contributed by atoms with van der Waals surface area (Å²) in [6.45, 7) is 4.80. The molecular weight excluding hydrogens is 268 g/mol. The third-order valence-corrected chi connectivity index (χ3v) is 2.86. The molecule has 0 bridgehead atoms. The van der Waals surface area contributed by atoms with Crippen LogP contribution < -0.4 is 14.8 Å². The molecule has 114 valence electrons. The Morgan fingerprint density at radius 3 is 2.57 bits per heavy atom. The fourth-order valence-electron chi connectivity index (χ4n) is 1.90. The zero-order chi connectivity index (χ0) is 14.9. The first-order chi connectivity index (χ1) is 10.3. The summed E-state index contributed by atoms with van der Waals surface area (Å²) in [5.41, 5.74) is 0. The number of para-hydroxylation sites is 2. The van der Waals surface area contributed by atoms with Gasteiger partial charge in [-0.05, 0) is 19.1 Å². The van der Waals surface area contributed by atoms with E-state index in [2.05, 4.69) is 15.4 Å². The number of nitrogens with one attached hydrogen (secondary N) is 1. The Labute approximate surface area is 125 Å². The molecule has 0 radical (unpaired) electrons. The SMILES string of the molecule is CCOc1ccccc1OCCNCCc1ncn(C)n1. The molecule has 1 aromatic carbocycles. The van der Waals surface area contributed by atoms with E-state index in [0.717, 1.165) is 36.8 Å². The first kappa shape index (κ1) is 15.3. The maximum Gasteiger partial charge on any atom is 0.161 e. The first-order valence-electron chi connectivity index (χ1n) is 7.19. The second-order valence-electron chi connectivity index (χ2n) is 4.56. The van der Waals surface area contributed by atoms with Crippen LogP contribution in [0.1, 0.15) is 12.7 Å². The van der Waals surface area contributed by atoms with E-state index in [9.17, 15) is 0 Å². The second-order valence-corrected chi connectivity index (χ2v) is 4.56. The summed E-state index contributed by atoms with van der Waals surface area (Å²) in [6.07, 6.45) is 2.53. The van der Waals surface area contributed by atoms with Gasteiger partial charge in [0.2, 0.25) is 0 Å². The van der Waals surface area contributed by atoms with E-state index in [1.54, 1.807) is 11.0 Å². The van der Waals surface area contributed by atoms with Crippen LogP contribution in [-0.2, 0) is 13.5 Å². The molecular formula is C15H22N4O2. The highest BCUT2D eigenvalue weighted by molar-refractivity contribution is 5.39. The van der Waals surface area contributed by atoms with Crippen molar-refractivity contribution in [3.05, 3.63) is 36.4 Å². The average molecular weight is 290 g/mol. The Balaban J connectivity index is 1.63. The van der Waals surface area contributed by atoms with Crippen molar-refractivity contribution < 1.29 is 9.47 Å². The van der Waals surface area contributed by atoms with E-state index in [-0.39, 0.29) is 0 Å². The van der Waals surface area contributed by atoms with Crippen LogP contribution in [0.2, 0.25) is 0 Å². The summed E-state index contributed by atoms with van der Waals surface area (Å²) < 4.78 is 12.9.